The van der Waals surface area contributed by atoms with Crippen molar-refractivity contribution >= 4 is 27.6 Å². The van der Waals surface area contributed by atoms with E-state index in [-0.39, 0.29) is 34.7 Å². The second-order valence-corrected chi connectivity index (χ2v) is 14.2. The molecule has 3 saturated heterocycles. The third-order valence-corrected chi connectivity index (χ3v) is 11.2. The summed E-state index contributed by atoms with van der Waals surface area (Å²) in [7, 11) is 1.72. The fourth-order valence-corrected chi connectivity index (χ4v) is 8.91. The van der Waals surface area contributed by atoms with Gasteiger partial charge in [-0.15, -0.1) is 0 Å². The van der Waals surface area contributed by atoms with Crippen LogP contribution in [-0.4, -0.2) is 101 Å². The largest absolute Gasteiger partial charge is 0.475 e. The van der Waals surface area contributed by atoms with Crippen molar-refractivity contribution in [3.63, 3.8) is 0 Å². The van der Waals surface area contributed by atoms with Crippen molar-refractivity contribution in [3.8, 4) is 23.1 Å². The third-order valence-electron chi connectivity index (χ3n) is 11.2. The van der Waals surface area contributed by atoms with Crippen LogP contribution >= 0.6 is 0 Å². The number of aromatic amines is 1. The highest BCUT2D eigenvalue weighted by molar-refractivity contribution is 6.02. The first-order valence-corrected chi connectivity index (χ1v) is 17.5. The summed E-state index contributed by atoms with van der Waals surface area (Å²) in [6.45, 7) is 7.38. The maximum Gasteiger partial charge on any atom is 0.319 e. The first kappa shape index (κ1) is 30.2. The number of halogens is 1. The number of rotatable bonds is 6. The first-order valence-electron chi connectivity index (χ1n) is 17.5. The van der Waals surface area contributed by atoms with E-state index in [0.29, 0.717) is 56.7 Å². The van der Waals surface area contributed by atoms with E-state index < -0.39 is 5.82 Å². The molecule has 1 aliphatic carbocycles. The van der Waals surface area contributed by atoms with E-state index in [1.165, 1.54) is 11.1 Å². The Morgan fingerprint density at radius 2 is 2.10 bits per heavy atom. The van der Waals surface area contributed by atoms with Crippen molar-refractivity contribution in [1.82, 2.24) is 30.0 Å². The Hall–Kier alpha value is -3.87. The van der Waals surface area contributed by atoms with E-state index in [9.17, 15) is 0 Å². The molecule has 7 heterocycles. The Labute approximate surface area is 278 Å². The lowest BCUT2D eigenvalue weighted by atomic mass is 9.79. The topological polar surface area (TPSA) is 111 Å². The molecule has 0 saturated carbocycles. The predicted octanol–water partition coefficient (Wildman–Crippen LogP) is 5.32. The molecule has 0 bridgehead atoms. The Morgan fingerprint density at radius 1 is 1.17 bits per heavy atom. The average molecular weight is 656 g/mol. The lowest BCUT2D eigenvalue weighted by Crippen LogP contribution is -2.43. The zero-order valence-corrected chi connectivity index (χ0v) is 27.7. The summed E-state index contributed by atoms with van der Waals surface area (Å²) in [4.78, 5) is 19.5. The van der Waals surface area contributed by atoms with Crippen LogP contribution in [0.1, 0.15) is 62.5 Å². The van der Waals surface area contributed by atoms with Crippen LogP contribution in [0.4, 0.5) is 10.2 Å². The molecule has 48 heavy (non-hydrogen) atoms. The van der Waals surface area contributed by atoms with E-state index in [0.717, 1.165) is 80.1 Å². The Kier molecular flexibility index (Phi) is 7.50. The molecule has 3 atom stereocenters. The fourth-order valence-electron chi connectivity index (χ4n) is 8.91. The van der Waals surface area contributed by atoms with Gasteiger partial charge in [-0.25, -0.2) is 9.37 Å². The molecule has 1 aromatic carbocycles. The van der Waals surface area contributed by atoms with Crippen LogP contribution in [-0.2, 0) is 15.9 Å². The van der Waals surface area contributed by atoms with E-state index in [1.807, 2.05) is 0 Å². The fraction of sp³-hybridized carbons (Fsp3) is 0.556. The van der Waals surface area contributed by atoms with Crippen LogP contribution in [0.5, 0.6) is 11.9 Å². The van der Waals surface area contributed by atoms with Gasteiger partial charge in [0.05, 0.1) is 36.5 Å². The van der Waals surface area contributed by atoms with Gasteiger partial charge in [-0.05, 0) is 74.6 Å². The number of methoxy groups -OCH3 is 1. The van der Waals surface area contributed by atoms with E-state index in [4.69, 9.17) is 33.9 Å². The van der Waals surface area contributed by atoms with Gasteiger partial charge in [0, 0.05) is 37.8 Å². The molecular formula is C36H42FN7O4. The number of ether oxygens (including phenoxy) is 4. The predicted molar refractivity (Wildman–Crippen MR) is 179 cm³/mol. The number of aromatic nitrogens is 5. The molecule has 5 aliphatic rings. The van der Waals surface area contributed by atoms with Crippen molar-refractivity contribution in [1.29, 1.82) is 0 Å². The molecule has 0 amide bonds. The van der Waals surface area contributed by atoms with Gasteiger partial charge in [0.1, 0.15) is 35.6 Å². The van der Waals surface area contributed by atoms with Gasteiger partial charge < -0.3 is 23.8 Å². The minimum absolute atomic E-state index is 0.100. The van der Waals surface area contributed by atoms with Crippen molar-refractivity contribution < 1.29 is 23.3 Å². The second-order valence-electron chi connectivity index (χ2n) is 14.2. The molecule has 11 nitrogen and oxygen atoms in total. The number of hydrogen-bond acceptors (Lipinski definition) is 10. The summed E-state index contributed by atoms with van der Waals surface area (Å²) in [6, 6.07) is 2.24. The van der Waals surface area contributed by atoms with Gasteiger partial charge in [0.15, 0.2) is 5.82 Å². The summed E-state index contributed by atoms with van der Waals surface area (Å²) in [5.41, 5.74) is 5.64. The summed E-state index contributed by atoms with van der Waals surface area (Å²) < 4.78 is 41.7. The maximum atomic E-state index is 17.4. The molecule has 0 unspecified atom stereocenters. The first-order chi connectivity index (χ1) is 23.5. The quantitative estimate of drug-likeness (QED) is 0.274. The number of H-pyrrole nitrogens is 1. The van der Waals surface area contributed by atoms with E-state index >= 15 is 4.39 Å². The number of benzene rings is 1. The van der Waals surface area contributed by atoms with Gasteiger partial charge in [0.2, 0.25) is 5.88 Å². The van der Waals surface area contributed by atoms with Gasteiger partial charge in [0.25, 0.3) is 0 Å². The average Bonchev–Trinajstić information content (AvgIpc) is 3.72. The van der Waals surface area contributed by atoms with Gasteiger partial charge in [-0.3, -0.25) is 10.00 Å². The maximum absolute atomic E-state index is 17.4. The van der Waals surface area contributed by atoms with Crippen molar-refractivity contribution in [2.75, 3.05) is 64.7 Å². The number of pyridine rings is 1. The van der Waals surface area contributed by atoms with E-state index in [1.54, 1.807) is 13.3 Å². The standard InChI is InChI=1S/C36H42FN7O4/c1-21-6-3-7-23-14-26-25(16-38-42-26)28(27(21)23)31-30(37)32-29-33(44-11-5-12-46-18-24(44)19-47-34(29)39-31)41-35(40-32)48-20-36-9-4-10-43(36)17-22(15-36)8-13-45-2/h8,14,16,21,24H,3-7,9-13,15,17-20H2,1-2H3,(H,38,42)/b22-8+/t21-,24+,36+/m1/s1. The summed E-state index contributed by atoms with van der Waals surface area (Å²) >= 11 is 0. The van der Waals surface area contributed by atoms with Crippen LogP contribution < -0.4 is 14.4 Å². The third kappa shape index (κ3) is 4.86. The molecule has 252 valence electrons. The zero-order valence-electron chi connectivity index (χ0n) is 27.7. The molecule has 4 aromatic rings. The zero-order chi connectivity index (χ0) is 32.4. The highest BCUT2D eigenvalue weighted by Gasteiger charge is 2.47. The SMILES string of the molecule is COC/C=C1/CN2CCC[C@@]2(COc2nc3c4c(nc(-c5c6c(cc7[nH]ncc57)CCC[C@H]6C)c(F)c4n2)OC[C@@H]2COCCCN32)C1. The second kappa shape index (κ2) is 11.9. The molecule has 0 radical (unpaired) electrons. The molecule has 1 N–H and O–H groups in total. The number of anilines is 1. The van der Waals surface area contributed by atoms with Crippen LogP contribution in [0, 0.1) is 5.82 Å². The molecule has 3 aromatic heterocycles. The highest BCUT2D eigenvalue weighted by Crippen LogP contribution is 2.47. The number of fused-ring (bicyclic) bond motifs is 5. The van der Waals surface area contributed by atoms with Gasteiger partial charge in [-0.2, -0.15) is 15.1 Å². The number of aryl methyl sites for hydroxylation is 1. The Bertz CT molecular complexity index is 1930. The lowest BCUT2D eigenvalue weighted by Gasteiger charge is -2.31. The summed E-state index contributed by atoms with van der Waals surface area (Å²) in [5, 5.41) is 8.81. The van der Waals surface area contributed by atoms with Crippen molar-refractivity contribution in [2.24, 2.45) is 0 Å². The summed E-state index contributed by atoms with van der Waals surface area (Å²) in [6.07, 6.45) is 10.9. The van der Waals surface area contributed by atoms with Crippen LogP contribution in [0.15, 0.2) is 23.9 Å². The highest BCUT2D eigenvalue weighted by atomic mass is 19.1. The molecule has 0 spiro atoms. The lowest BCUT2D eigenvalue weighted by molar-refractivity contribution is 0.108. The number of hydrogen-bond donors (Lipinski definition) is 1. The minimum Gasteiger partial charge on any atom is -0.475 e. The smallest absolute Gasteiger partial charge is 0.319 e. The van der Waals surface area contributed by atoms with Crippen LogP contribution in [0.3, 0.4) is 0 Å². The minimum atomic E-state index is -0.490. The molecule has 4 aliphatic heterocycles. The normalized spacial score (nSPS) is 26.3. The number of nitrogens with one attached hydrogen (secondary N) is 1. The van der Waals surface area contributed by atoms with Crippen molar-refractivity contribution in [3.05, 3.63) is 40.9 Å². The van der Waals surface area contributed by atoms with Crippen molar-refractivity contribution in [2.45, 2.75) is 69.4 Å². The molecule has 3 fully saturated rings. The summed E-state index contributed by atoms with van der Waals surface area (Å²) in [5.74, 6) is 0.701. The van der Waals surface area contributed by atoms with Gasteiger partial charge in [-0.1, -0.05) is 18.6 Å². The molecule has 12 heteroatoms. The van der Waals surface area contributed by atoms with Crippen LogP contribution in [0.25, 0.3) is 33.1 Å². The number of nitrogens with zero attached hydrogens (tertiary/aromatic N) is 6. The molecular weight excluding hydrogens is 613 g/mol. The van der Waals surface area contributed by atoms with Gasteiger partial charge >= 0.3 is 6.01 Å². The monoisotopic (exact) mass is 655 g/mol. The van der Waals surface area contributed by atoms with Crippen LogP contribution in [0.2, 0.25) is 0 Å². The Morgan fingerprint density at radius 3 is 3.02 bits per heavy atom. The van der Waals surface area contributed by atoms with E-state index in [2.05, 4.69) is 39.1 Å². The Balaban J connectivity index is 1.20. The molecule has 9 rings (SSSR count).